The molecule has 0 atom stereocenters. The van der Waals surface area contributed by atoms with Crippen molar-refractivity contribution in [3.8, 4) is 22.9 Å². The molecule has 2 N–H and O–H groups in total. The van der Waals surface area contributed by atoms with Crippen LogP contribution in [0.4, 0.5) is 5.69 Å². The Morgan fingerprint density at radius 1 is 0.943 bits per heavy atom. The Morgan fingerprint density at radius 2 is 1.80 bits per heavy atom. The van der Waals surface area contributed by atoms with Gasteiger partial charge < -0.3 is 15.0 Å². The fraction of sp³-hybridized carbons (Fsp3) is 0.200. The normalized spacial score (nSPS) is 17.9. The third-order valence-electron chi connectivity index (χ3n) is 7.09. The van der Waals surface area contributed by atoms with Crippen LogP contribution in [0.1, 0.15) is 31.2 Å². The van der Waals surface area contributed by atoms with Gasteiger partial charge in [-0.2, -0.15) is 5.26 Å². The smallest absolute Gasteiger partial charge is 0.101 e. The molecule has 0 bridgehead atoms. The number of nitrogens with zero attached hydrogens (tertiary/aromatic N) is 3. The fourth-order valence-corrected chi connectivity index (χ4v) is 5.20. The monoisotopic (exact) mass is 458 g/mol. The van der Waals surface area contributed by atoms with Gasteiger partial charge in [0.2, 0.25) is 0 Å². The van der Waals surface area contributed by atoms with Crippen LogP contribution in [0.15, 0.2) is 85.2 Å². The van der Waals surface area contributed by atoms with Crippen LogP contribution in [0.2, 0.25) is 0 Å². The lowest BCUT2D eigenvalue weighted by Gasteiger charge is -2.27. The number of fused-ring (bicyclic) bond motifs is 2. The summed E-state index contributed by atoms with van der Waals surface area (Å²) in [6.07, 6.45) is 7.25. The van der Waals surface area contributed by atoms with Crippen molar-refractivity contribution in [1.29, 1.82) is 5.26 Å². The van der Waals surface area contributed by atoms with Crippen LogP contribution < -0.4 is 5.32 Å². The minimum absolute atomic E-state index is 0.201. The molecular formula is C30H26N4O. The number of anilines is 1. The van der Waals surface area contributed by atoms with Gasteiger partial charge in [0.15, 0.2) is 0 Å². The Kier molecular flexibility index (Phi) is 5.44. The standard InChI is InChI=1S/C30H26N4O/c31-18-21-8-11-24(17-29(21)33-23-9-12-25(35)13-10-23)34-15-14-27-26(5-3-7-30(27)34)22-16-20-4-1-2-6-28(20)32-19-22/h1-8,11,14-17,19,23,25,33,35H,9-10,12-13H2. The molecule has 0 saturated heterocycles. The summed E-state index contributed by atoms with van der Waals surface area (Å²) in [5, 5.41) is 25.4. The average Bonchev–Trinajstić information content (AvgIpc) is 3.34. The number of aromatic nitrogens is 2. The third kappa shape index (κ3) is 4.03. The molecule has 3 aromatic carbocycles. The highest BCUT2D eigenvalue weighted by Crippen LogP contribution is 2.33. The van der Waals surface area contributed by atoms with E-state index in [1.165, 1.54) is 0 Å². The first kappa shape index (κ1) is 21.4. The van der Waals surface area contributed by atoms with Crippen molar-refractivity contribution in [3.63, 3.8) is 0 Å². The minimum Gasteiger partial charge on any atom is -0.393 e. The van der Waals surface area contributed by atoms with E-state index in [1.54, 1.807) is 0 Å². The molecule has 0 spiro atoms. The van der Waals surface area contributed by atoms with Gasteiger partial charge >= 0.3 is 0 Å². The number of pyridine rings is 1. The zero-order valence-electron chi connectivity index (χ0n) is 19.4. The van der Waals surface area contributed by atoms with Crippen LogP contribution in [0.25, 0.3) is 38.6 Å². The molecule has 0 aliphatic heterocycles. The molecule has 5 heteroatoms. The molecule has 5 aromatic rings. The quantitative estimate of drug-likeness (QED) is 0.325. The summed E-state index contributed by atoms with van der Waals surface area (Å²) in [6.45, 7) is 0. The van der Waals surface area contributed by atoms with E-state index >= 15 is 0 Å². The van der Waals surface area contributed by atoms with Gasteiger partial charge in [0.25, 0.3) is 0 Å². The van der Waals surface area contributed by atoms with Crippen molar-refractivity contribution in [3.05, 3.63) is 90.8 Å². The summed E-state index contributed by atoms with van der Waals surface area (Å²) in [5.74, 6) is 0. The molecule has 1 fully saturated rings. The number of aliphatic hydroxyl groups excluding tert-OH is 1. The highest BCUT2D eigenvalue weighted by Gasteiger charge is 2.20. The molecule has 2 aromatic heterocycles. The molecule has 1 saturated carbocycles. The number of benzene rings is 3. The molecule has 6 rings (SSSR count). The first-order valence-electron chi connectivity index (χ1n) is 12.1. The molecule has 0 radical (unpaired) electrons. The number of nitrogens with one attached hydrogen (secondary N) is 1. The predicted molar refractivity (Wildman–Crippen MR) is 141 cm³/mol. The van der Waals surface area contributed by atoms with Gasteiger partial charge in [-0.05, 0) is 73.7 Å². The molecule has 5 nitrogen and oxygen atoms in total. The van der Waals surface area contributed by atoms with Gasteiger partial charge in [0.1, 0.15) is 6.07 Å². The number of aliphatic hydroxyl groups is 1. The van der Waals surface area contributed by atoms with Crippen molar-refractivity contribution in [2.45, 2.75) is 37.8 Å². The Balaban J connectivity index is 1.39. The van der Waals surface area contributed by atoms with Crippen molar-refractivity contribution >= 4 is 27.5 Å². The van der Waals surface area contributed by atoms with Crippen molar-refractivity contribution in [1.82, 2.24) is 9.55 Å². The molecule has 172 valence electrons. The van der Waals surface area contributed by atoms with Gasteiger partial charge in [-0.15, -0.1) is 0 Å². The molecule has 1 aliphatic rings. The van der Waals surface area contributed by atoms with E-state index in [0.717, 1.165) is 70.0 Å². The van der Waals surface area contributed by atoms with Gasteiger partial charge in [-0.25, -0.2) is 0 Å². The third-order valence-corrected chi connectivity index (χ3v) is 7.09. The SMILES string of the molecule is N#Cc1ccc(-n2ccc3c(-c4cnc5ccccc5c4)cccc32)cc1NC1CCC(O)CC1. The second kappa shape index (κ2) is 8.90. The first-order valence-corrected chi connectivity index (χ1v) is 12.1. The molecule has 2 heterocycles. The Bertz CT molecular complexity index is 1570. The van der Waals surface area contributed by atoms with Crippen LogP contribution in [-0.4, -0.2) is 26.8 Å². The molecule has 0 amide bonds. The number of hydrogen-bond donors (Lipinski definition) is 2. The van der Waals surface area contributed by atoms with E-state index in [0.29, 0.717) is 5.56 Å². The van der Waals surface area contributed by atoms with Crippen molar-refractivity contribution in [2.24, 2.45) is 0 Å². The lowest BCUT2D eigenvalue weighted by atomic mass is 9.93. The Labute approximate surface area is 204 Å². The van der Waals surface area contributed by atoms with Gasteiger partial charge in [0.05, 0.1) is 28.4 Å². The minimum atomic E-state index is -0.201. The lowest BCUT2D eigenvalue weighted by molar-refractivity contribution is 0.126. The van der Waals surface area contributed by atoms with Gasteiger partial charge in [0, 0.05) is 40.5 Å². The van der Waals surface area contributed by atoms with Crippen molar-refractivity contribution in [2.75, 3.05) is 5.32 Å². The Hall–Kier alpha value is -4.14. The zero-order valence-corrected chi connectivity index (χ0v) is 19.4. The second-order valence-electron chi connectivity index (χ2n) is 9.33. The van der Waals surface area contributed by atoms with E-state index in [4.69, 9.17) is 0 Å². The summed E-state index contributed by atoms with van der Waals surface area (Å²) in [4.78, 5) is 4.66. The van der Waals surface area contributed by atoms with E-state index in [1.807, 2.05) is 36.5 Å². The van der Waals surface area contributed by atoms with Crippen LogP contribution >= 0.6 is 0 Å². The number of nitriles is 1. The topological polar surface area (TPSA) is 73.9 Å². The molecule has 35 heavy (non-hydrogen) atoms. The van der Waals surface area contributed by atoms with Crippen LogP contribution in [-0.2, 0) is 0 Å². The summed E-state index contributed by atoms with van der Waals surface area (Å²) in [5.41, 5.74) is 6.83. The maximum absolute atomic E-state index is 9.83. The first-order chi connectivity index (χ1) is 17.2. The van der Waals surface area contributed by atoms with Crippen LogP contribution in [0.3, 0.4) is 0 Å². The van der Waals surface area contributed by atoms with Crippen LogP contribution in [0.5, 0.6) is 0 Å². The maximum Gasteiger partial charge on any atom is 0.101 e. The van der Waals surface area contributed by atoms with Crippen molar-refractivity contribution < 1.29 is 5.11 Å². The summed E-state index contributed by atoms with van der Waals surface area (Å²) in [7, 11) is 0. The predicted octanol–water partition coefficient (Wildman–Crippen LogP) is 6.43. The largest absolute Gasteiger partial charge is 0.393 e. The fourth-order valence-electron chi connectivity index (χ4n) is 5.20. The average molecular weight is 459 g/mol. The molecule has 0 unspecified atom stereocenters. The van der Waals surface area contributed by atoms with E-state index in [2.05, 4.69) is 69.6 Å². The summed E-state index contributed by atoms with van der Waals surface area (Å²) < 4.78 is 2.17. The van der Waals surface area contributed by atoms with Crippen LogP contribution in [0, 0.1) is 11.3 Å². The second-order valence-corrected chi connectivity index (χ2v) is 9.33. The molecule has 1 aliphatic carbocycles. The highest BCUT2D eigenvalue weighted by atomic mass is 16.3. The number of para-hydroxylation sites is 1. The number of rotatable bonds is 4. The lowest BCUT2D eigenvalue weighted by Crippen LogP contribution is -2.28. The molecular weight excluding hydrogens is 432 g/mol. The maximum atomic E-state index is 9.83. The summed E-state index contributed by atoms with van der Waals surface area (Å²) in [6, 6.07) is 27.4. The van der Waals surface area contributed by atoms with Gasteiger partial charge in [-0.1, -0.05) is 30.3 Å². The van der Waals surface area contributed by atoms with E-state index in [-0.39, 0.29) is 12.1 Å². The van der Waals surface area contributed by atoms with E-state index in [9.17, 15) is 10.4 Å². The van der Waals surface area contributed by atoms with E-state index < -0.39 is 0 Å². The highest BCUT2D eigenvalue weighted by molar-refractivity contribution is 5.98. The van der Waals surface area contributed by atoms with Gasteiger partial charge in [-0.3, -0.25) is 4.98 Å². The Morgan fingerprint density at radius 3 is 2.66 bits per heavy atom. The summed E-state index contributed by atoms with van der Waals surface area (Å²) >= 11 is 0. The zero-order chi connectivity index (χ0) is 23.8. The number of hydrogen-bond acceptors (Lipinski definition) is 4.